The van der Waals surface area contributed by atoms with Gasteiger partial charge < -0.3 is 14.5 Å². The molecule has 0 radical (unpaired) electrons. The number of benzene rings is 2. The second-order valence-electron chi connectivity index (χ2n) is 6.86. The number of ether oxygens (including phenoxy) is 1. The molecule has 1 aromatic heterocycles. The van der Waals surface area contributed by atoms with Gasteiger partial charge in [0.1, 0.15) is 23.1 Å². The molecule has 3 aromatic rings. The first-order valence-corrected chi connectivity index (χ1v) is 11.1. The Bertz CT molecular complexity index is 1120. The van der Waals surface area contributed by atoms with Gasteiger partial charge in [-0.3, -0.25) is 4.79 Å². The van der Waals surface area contributed by atoms with Gasteiger partial charge in [0.15, 0.2) is 15.6 Å². The molecule has 0 spiro atoms. The number of rotatable bonds is 8. The lowest BCUT2D eigenvalue weighted by Gasteiger charge is -2.13. The van der Waals surface area contributed by atoms with Crippen molar-refractivity contribution in [2.45, 2.75) is 24.5 Å². The summed E-state index contributed by atoms with van der Waals surface area (Å²) in [7, 11) is -2.10. The third kappa shape index (κ3) is 5.48. The third-order valence-electron chi connectivity index (χ3n) is 4.54. The molecule has 0 aliphatic heterocycles. The number of halogens is 1. The van der Waals surface area contributed by atoms with Crippen molar-refractivity contribution in [3.05, 3.63) is 89.1 Å². The minimum atomic E-state index is -3.67. The fourth-order valence-electron chi connectivity index (χ4n) is 2.94. The van der Waals surface area contributed by atoms with Crippen LogP contribution in [0, 0.1) is 5.82 Å². The van der Waals surface area contributed by atoms with E-state index in [2.05, 4.69) is 5.32 Å². The topological polar surface area (TPSA) is 85.6 Å². The molecule has 1 amide bonds. The quantitative estimate of drug-likeness (QED) is 0.582. The fourth-order valence-corrected chi connectivity index (χ4v) is 4.34. The largest absolute Gasteiger partial charge is 0.497 e. The summed E-state index contributed by atoms with van der Waals surface area (Å²) in [6.45, 7) is 1.82. The van der Waals surface area contributed by atoms with E-state index in [1.165, 1.54) is 30.3 Å². The van der Waals surface area contributed by atoms with Crippen LogP contribution < -0.4 is 10.1 Å². The van der Waals surface area contributed by atoms with Gasteiger partial charge in [0.25, 0.3) is 5.91 Å². The van der Waals surface area contributed by atoms with Crippen LogP contribution in [-0.2, 0) is 21.3 Å². The summed E-state index contributed by atoms with van der Waals surface area (Å²) in [6.07, 6.45) is 0. The standard InChI is InChI=1S/C22H22FNO5S/c1-15(16-7-9-18(28-2)10-8-16)24-22(25)21-12-11-19(29-21)14-30(26,27)13-17-5-3-4-6-20(17)23/h3-12,15H,13-14H2,1-2H3,(H,24,25). The monoisotopic (exact) mass is 431 g/mol. The first kappa shape index (κ1) is 21.6. The molecule has 0 bridgehead atoms. The molecule has 30 heavy (non-hydrogen) atoms. The molecule has 1 atom stereocenters. The van der Waals surface area contributed by atoms with Gasteiger partial charge in [-0.25, -0.2) is 12.8 Å². The molecule has 0 fully saturated rings. The van der Waals surface area contributed by atoms with Gasteiger partial charge >= 0.3 is 0 Å². The summed E-state index contributed by atoms with van der Waals surface area (Å²) in [5, 5.41) is 2.80. The van der Waals surface area contributed by atoms with Crippen LogP contribution in [0.25, 0.3) is 0 Å². The van der Waals surface area contributed by atoms with Crippen molar-refractivity contribution >= 4 is 15.7 Å². The Balaban J connectivity index is 1.63. The SMILES string of the molecule is COc1ccc(C(C)NC(=O)c2ccc(CS(=O)(=O)Cc3ccccc3F)o2)cc1. The Hall–Kier alpha value is -3.13. The zero-order valence-corrected chi connectivity index (χ0v) is 17.4. The van der Waals surface area contributed by atoms with Crippen LogP contribution in [0.2, 0.25) is 0 Å². The Labute approximate surface area is 174 Å². The van der Waals surface area contributed by atoms with Gasteiger partial charge in [-0.15, -0.1) is 0 Å². The maximum absolute atomic E-state index is 13.7. The molecule has 8 heteroatoms. The van der Waals surface area contributed by atoms with Crippen LogP contribution in [0.1, 0.15) is 40.4 Å². The number of amides is 1. The summed E-state index contributed by atoms with van der Waals surface area (Å²) < 4.78 is 49.0. The van der Waals surface area contributed by atoms with Crippen LogP contribution in [0.15, 0.2) is 65.1 Å². The van der Waals surface area contributed by atoms with Gasteiger partial charge in [-0.1, -0.05) is 30.3 Å². The highest BCUT2D eigenvalue weighted by molar-refractivity contribution is 7.89. The number of methoxy groups -OCH3 is 1. The minimum absolute atomic E-state index is 0.00598. The molecule has 158 valence electrons. The van der Waals surface area contributed by atoms with Crippen molar-refractivity contribution in [1.82, 2.24) is 5.32 Å². The van der Waals surface area contributed by atoms with E-state index in [0.717, 1.165) is 5.56 Å². The van der Waals surface area contributed by atoms with Gasteiger partial charge in [-0.05, 0) is 42.8 Å². The normalized spacial score (nSPS) is 12.4. The molecule has 1 unspecified atom stereocenters. The van der Waals surface area contributed by atoms with E-state index in [4.69, 9.17) is 9.15 Å². The molecule has 1 heterocycles. The molecule has 1 N–H and O–H groups in total. The highest BCUT2D eigenvalue weighted by atomic mass is 32.2. The van der Waals surface area contributed by atoms with Crippen molar-refractivity contribution in [1.29, 1.82) is 0 Å². The maximum atomic E-state index is 13.7. The highest BCUT2D eigenvalue weighted by Gasteiger charge is 2.20. The lowest BCUT2D eigenvalue weighted by molar-refractivity contribution is 0.0910. The Morgan fingerprint density at radius 1 is 1.07 bits per heavy atom. The Kier molecular flexibility index (Phi) is 6.56. The summed E-state index contributed by atoms with van der Waals surface area (Å²) in [6, 6.07) is 15.5. The zero-order valence-electron chi connectivity index (χ0n) is 16.6. The van der Waals surface area contributed by atoms with Crippen molar-refractivity contribution < 1.29 is 26.8 Å². The van der Waals surface area contributed by atoms with E-state index in [9.17, 15) is 17.6 Å². The first-order valence-electron chi connectivity index (χ1n) is 9.25. The van der Waals surface area contributed by atoms with Crippen LogP contribution >= 0.6 is 0 Å². The van der Waals surface area contributed by atoms with E-state index >= 15 is 0 Å². The number of hydrogen-bond acceptors (Lipinski definition) is 5. The second-order valence-corrected chi connectivity index (χ2v) is 8.92. The molecular formula is C22H22FNO5S. The second kappa shape index (κ2) is 9.13. The maximum Gasteiger partial charge on any atom is 0.287 e. The average Bonchev–Trinajstić information content (AvgIpc) is 3.17. The minimum Gasteiger partial charge on any atom is -0.497 e. The predicted molar refractivity (Wildman–Crippen MR) is 110 cm³/mol. The van der Waals surface area contributed by atoms with Crippen LogP contribution in [0.3, 0.4) is 0 Å². The molecule has 2 aromatic carbocycles. The molecule has 0 saturated heterocycles. The summed E-state index contributed by atoms with van der Waals surface area (Å²) in [4.78, 5) is 12.4. The van der Waals surface area contributed by atoms with Gasteiger partial charge in [0.05, 0.1) is 18.9 Å². The molecular weight excluding hydrogens is 409 g/mol. The number of carbonyl (C=O) groups is 1. The van der Waals surface area contributed by atoms with E-state index in [0.29, 0.717) is 5.75 Å². The zero-order chi connectivity index (χ0) is 21.7. The number of hydrogen-bond donors (Lipinski definition) is 1. The van der Waals surface area contributed by atoms with Gasteiger partial charge in [0, 0.05) is 5.56 Å². The number of sulfone groups is 1. The smallest absolute Gasteiger partial charge is 0.287 e. The van der Waals surface area contributed by atoms with E-state index in [-0.39, 0.29) is 23.1 Å². The van der Waals surface area contributed by atoms with Crippen molar-refractivity contribution in [2.24, 2.45) is 0 Å². The summed E-state index contributed by atoms with van der Waals surface area (Å²) in [5.74, 6) is -1.08. The number of furan rings is 1. The van der Waals surface area contributed by atoms with E-state index < -0.39 is 33.1 Å². The summed E-state index contributed by atoms with van der Waals surface area (Å²) in [5.41, 5.74) is 0.971. The van der Waals surface area contributed by atoms with Crippen LogP contribution in [0.4, 0.5) is 4.39 Å². The van der Waals surface area contributed by atoms with Crippen LogP contribution in [0.5, 0.6) is 5.75 Å². The summed E-state index contributed by atoms with van der Waals surface area (Å²) >= 11 is 0. The van der Waals surface area contributed by atoms with E-state index in [1.54, 1.807) is 25.3 Å². The van der Waals surface area contributed by atoms with Crippen molar-refractivity contribution in [3.63, 3.8) is 0 Å². The Morgan fingerprint density at radius 2 is 1.77 bits per heavy atom. The first-order chi connectivity index (χ1) is 14.3. The highest BCUT2D eigenvalue weighted by Crippen LogP contribution is 2.20. The lowest BCUT2D eigenvalue weighted by Crippen LogP contribution is -2.26. The van der Waals surface area contributed by atoms with E-state index in [1.807, 2.05) is 19.1 Å². The average molecular weight is 431 g/mol. The molecule has 6 nitrogen and oxygen atoms in total. The molecule has 0 aliphatic rings. The Morgan fingerprint density at radius 3 is 2.43 bits per heavy atom. The predicted octanol–water partition coefficient (Wildman–Crippen LogP) is 4.03. The van der Waals surface area contributed by atoms with Crippen molar-refractivity contribution in [2.75, 3.05) is 7.11 Å². The number of nitrogens with one attached hydrogen (secondary N) is 1. The fraction of sp³-hybridized carbons (Fsp3) is 0.227. The van der Waals surface area contributed by atoms with Gasteiger partial charge in [-0.2, -0.15) is 0 Å². The molecule has 0 aliphatic carbocycles. The van der Waals surface area contributed by atoms with Crippen molar-refractivity contribution in [3.8, 4) is 5.75 Å². The molecule has 3 rings (SSSR count). The van der Waals surface area contributed by atoms with Crippen LogP contribution in [-0.4, -0.2) is 21.4 Å². The third-order valence-corrected chi connectivity index (χ3v) is 6.02. The lowest BCUT2D eigenvalue weighted by atomic mass is 10.1. The number of carbonyl (C=O) groups excluding carboxylic acids is 1. The molecule has 0 saturated carbocycles. The van der Waals surface area contributed by atoms with Gasteiger partial charge in [0.2, 0.25) is 0 Å².